The fourth-order valence-corrected chi connectivity index (χ4v) is 3.76. The fourth-order valence-electron chi connectivity index (χ4n) is 3.76. The molecule has 4 nitrogen and oxygen atoms in total. The van der Waals surface area contributed by atoms with Crippen molar-refractivity contribution in [2.75, 3.05) is 39.4 Å². The van der Waals surface area contributed by atoms with Gasteiger partial charge in [-0.05, 0) is 25.7 Å². The number of hydrogen-bond donors (Lipinski definition) is 1. The maximum atomic E-state index is 6.10. The number of ether oxygens (including phenoxy) is 1. The van der Waals surface area contributed by atoms with Gasteiger partial charge in [0.2, 0.25) is 0 Å². The van der Waals surface area contributed by atoms with Crippen LogP contribution in [0.15, 0.2) is 0 Å². The number of nitrogens with two attached hydrogens (primary N) is 1. The Morgan fingerprint density at radius 3 is 2.00 bits per heavy atom. The van der Waals surface area contributed by atoms with E-state index in [0.717, 1.165) is 38.4 Å². The van der Waals surface area contributed by atoms with Gasteiger partial charge < -0.3 is 10.5 Å². The molecule has 3 fully saturated rings. The molecule has 0 aromatic rings. The van der Waals surface area contributed by atoms with Crippen LogP contribution in [0.4, 0.5) is 0 Å². The van der Waals surface area contributed by atoms with Crippen LogP contribution in [0.2, 0.25) is 0 Å². The summed E-state index contributed by atoms with van der Waals surface area (Å²) in [6.07, 6.45) is 5.20. The molecule has 0 aromatic heterocycles. The lowest BCUT2D eigenvalue weighted by Gasteiger charge is -2.39. The summed E-state index contributed by atoms with van der Waals surface area (Å²) in [7, 11) is 0. The lowest BCUT2D eigenvalue weighted by Crippen LogP contribution is -2.50. The lowest BCUT2D eigenvalue weighted by atomic mass is 9.98. The van der Waals surface area contributed by atoms with Gasteiger partial charge in [0.25, 0.3) is 0 Å². The number of rotatable bonds is 3. The third-order valence-electron chi connectivity index (χ3n) is 4.70. The van der Waals surface area contributed by atoms with Crippen molar-refractivity contribution in [3.63, 3.8) is 0 Å². The summed E-state index contributed by atoms with van der Waals surface area (Å²) in [6, 6.07) is 2.03. The van der Waals surface area contributed by atoms with E-state index in [1.165, 1.54) is 38.8 Å². The second kappa shape index (κ2) is 9.67. The Kier molecular flexibility index (Phi) is 10.0. The Balaban J connectivity index is 0.00000120. The van der Waals surface area contributed by atoms with Crippen molar-refractivity contribution >= 4 is 37.2 Å². The van der Waals surface area contributed by atoms with Crippen LogP contribution in [-0.2, 0) is 4.74 Å². The molecule has 0 spiro atoms. The molecule has 0 saturated carbocycles. The number of halogens is 3. The average Bonchev–Trinajstić information content (AvgIpc) is 2.59. The van der Waals surface area contributed by atoms with E-state index >= 15 is 0 Å². The second-order valence-electron chi connectivity index (χ2n) is 5.81. The van der Waals surface area contributed by atoms with Crippen molar-refractivity contribution in [2.45, 2.75) is 43.8 Å². The Morgan fingerprint density at radius 1 is 0.900 bits per heavy atom. The van der Waals surface area contributed by atoms with E-state index in [0.29, 0.717) is 6.04 Å². The minimum atomic E-state index is 0. The number of hydrogen-bond acceptors (Lipinski definition) is 4. The van der Waals surface area contributed by atoms with E-state index in [9.17, 15) is 0 Å². The summed E-state index contributed by atoms with van der Waals surface area (Å²) < 4.78 is 5.39. The first-order chi connectivity index (χ1) is 8.33. The maximum Gasteiger partial charge on any atom is 0.0594 e. The molecule has 2 atom stereocenters. The first-order valence-electron chi connectivity index (χ1n) is 7.14. The van der Waals surface area contributed by atoms with Crippen molar-refractivity contribution < 1.29 is 4.74 Å². The van der Waals surface area contributed by atoms with Crippen LogP contribution >= 0.6 is 37.2 Å². The Bertz CT molecular complexity index is 253. The molecular weight excluding hydrogens is 321 g/mol. The molecule has 20 heavy (non-hydrogen) atoms. The minimum Gasteiger partial charge on any atom is -0.379 e. The normalized spacial score (nSPS) is 33.8. The summed E-state index contributed by atoms with van der Waals surface area (Å²) in [4.78, 5) is 5.27. The highest BCUT2D eigenvalue weighted by Crippen LogP contribution is 2.34. The zero-order valence-electron chi connectivity index (χ0n) is 11.9. The summed E-state index contributed by atoms with van der Waals surface area (Å²) >= 11 is 0. The zero-order chi connectivity index (χ0) is 11.7. The first-order valence-corrected chi connectivity index (χ1v) is 7.14. The first kappa shape index (κ1) is 20.7. The summed E-state index contributed by atoms with van der Waals surface area (Å²) in [6.45, 7) is 6.51. The van der Waals surface area contributed by atoms with Crippen LogP contribution in [0.3, 0.4) is 0 Å². The molecule has 3 aliphatic heterocycles. The molecule has 3 rings (SSSR count). The standard InChI is InChI=1S/C13H25N3O.3ClH/c14-11-9-12-1-2-13(10-11)16(12)4-3-15-5-7-17-8-6-15;;;/h11-13H,1-10,14H2;3*1H. The van der Waals surface area contributed by atoms with Crippen LogP contribution in [0, 0.1) is 0 Å². The van der Waals surface area contributed by atoms with Crippen molar-refractivity contribution in [2.24, 2.45) is 5.73 Å². The summed E-state index contributed by atoms with van der Waals surface area (Å²) in [5, 5.41) is 0. The Morgan fingerprint density at radius 2 is 1.45 bits per heavy atom. The molecule has 2 bridgehead atoms. The fraction of sp³-hybridized carbons (Fsp3) is 1.00. The highest BCUT2D eigenvalue weighted by Gasteiger charge is 2.39. The van der Waals surface area contributed by atoms with Crippen molar-refractivity contribution in [1.29, 1.82) is 0 Å². The van der Waals surface area contributed by atoms with Crippen LogP contribution in [0.5, 0.6) is 0 Å². The van der Waals surface area contributed by atoms with Gasteiger partial charge in [-0.3, -0.25) is 9.80 Å². The maximum absolute atomic E-state index is 6.10. The van der Waals surface area contributed by atoms with Gasteiger partial charge in [0.05, 0.1) is 13.2 Å². The lowest BCUT2D eigenvalue weighted by molar-refractivity contribution is 0.0265. The number of fused-ring (bicyclic) bond motifs is 2. The quantitative estimate of drug-likeness (QED) is 0.840. The minimum absolute atomic E-state index is 0. The number of piperidine rings is 1. The van der Waals surface area contributed by atoms with E-state index in [4.69, 9.17) is 10.5 Å². The van der Waals surface area contributed by atoms with Crippen molar-refractivity contribution in [3.8, 4) is 0 Å². The van der Waals surface area contributed by atoms with Crippen LogP contribution in [-0.4, -0.2) is 67.3 Å². The zero-order valence-corrected chi connectivity index (χ0v) is 14.4. The van der Waals surface area contributed by atoms with E-state index < -0.39 is 0 Å². The summed E-state index contributed by atoms with van der Waals surface area (Å²) in [5.74, 6) is 0. The van der Waals surface area contributed by atoms with E-state index in [2.05, 4.69) is 9.80 Å². The van der Waals surface area contributed by atoms with Crippen molar-refractivity contribution in [1.82, 2.24) is 9.80 Å². The van der Waals surface area contributed by atoms with Gasteiger partial charge in [-0.15, -0.1) is 37.2 Å². The summed E-state index contributed by atoms with van der Waals surface area (Å²) in [5.41, 5.74) is 6.10. The number of nitrogens with zero attached hydrogens (tertiary/aromatic N) is 2. The number of morpholine rings is 1. The van der Waals surface area contributed by atoms with Crippen LogP contribution in [0.1, 0.15) is 25.7 Å². The topological polar surface area (TPSA) is 41.7 Å². The SMILES string of the molecule is Cl.Cl.Cl.NC1CC2CCC(C1)N2CCN1CCOCC1. The Labute approximate surface area is 141 Å². The average molecular weight is 349 g/mol. The predicted molar refractivity (Wildman–Crippen MR) is 89.7 cm³/mol. The molecule has 2 N–H and O–H groups in total. The smallest absolute Gasteiger partial charge is 0.0594 e. The van der Waals surface area contributed by atoms with Gasteiger partial charge in [0, 0.05) is 44.3 Å². The molecule has 3 saturated heterocycles. The molecule has 3 heterocycles. The molecule has 122 valence electrons. The van der Waals surface area contributed by atoms with E-state index in [1.54, 1.807) is 0 Å². The molecule has 0 aliphatic carbocycles. The van der Waals surface area contributed by atoms with Gasteiger partial charge in [-0.2, -0.15) is 0 Å². The van der Waals surface area contributed by atoms with Gasteiger partial charge in [0.1, 0.15) is 0 Å². The Hall–Kier alpha value is 0.710. The molecule has 2 unspecified atom stereocenters. The molecule has 0 aromatic carbocycles. The third-order valence-corrected chi connectivity index (χ3v) is 4.70. The molecule has 7 heteroatoms. The monoisotopic (exact) mass is 347 g/mol. The van der Waals surface area contributed by atoms with Crippen molar-refractivity contribution in [3.05, 3.63) is 0 Å². The third kappa shape index (κ3) is 4.87. The van der Waals surface area contributed by atoms with Crippen LogP contribution < -0.4 is 5.73 Å². The van der Waals surface area contributed by atoms with E-state index in [1.807, 2.05) is 0 Å². The van der Waals surface area contributed by atoms with Gasteiger partial charge in [-0.25, -0.2) is 0 Å². The molecule has 0 radical (unpaired) electrons. The highest BCUT2D eigenvalue weighted by molar-refractivity contribution is 5.86. The van der Waals surface area contributed by atoms with Crippen LogP contribution in [0.25, 0.3) is 0 Å². The molecule has 0 amide bonds. The predicted octanol–water partition coefficient (Wildman–Crippen LogP) is 1.54. The van der Waals surface area contributed by atoms with Gasteiger partial charge >= 0.3 is 0 Å². The molecule has 3 aliphatic rings. The largest absolute Gasteiger partial charge is 0.379 e. The van der Waals surface area contributed by atoms with Gasteiger partial charge in [-0.1, -0.05) is 0 Å². The second-order valence-corrected chi connectivity index (χ2v) is 5.81. The highest BCUT2D eigenvalue weighted by atomic mass is 35.5. The van der Waals surface area contributed by atoms with E-state index in [-0.39, 0.29) is 37.2 Å². The molecular formula is C13H28Cl3N3O. The van der Waals surface area contributed by atoms with Gasteiger partial charge in [0.15, 0.2) is 0 Å².